The standard InChI is InChI=1S/C14H18N2O2S2/c1-2-19-14-16-7-11(20-14)13(18)15-4-3-8-5-9-6-10(9)12(8)17/h7-10H,2-6H2,1H3,(H,15,18). The van der Waals surface area contributed by atoms with Gasteiger partial charge in [0.05, 0.1) is 6.20 Å². The molecule has 3 rings (SSSR count). The Morgan fingerprint density at radius 2 is 2.40 bits per heavy atom. The van der Waals surface area contributed by atoms with Crippen LogP contribution in [0.25, 0.3) is 0 Å². The van der Waals surface area contributed by atoms with E-state index in [0.29, 0.717) is 29.0 Å². The average Bonchev–Trinajstić information content (AvgIpc) is 2.92. The molecule has 108 valence electrons. The second-order valence-corrected chi connectivity index (χ2v) is 7.95. The molecule has 2 aliphatic carbocycles. The first kappa shape index (κ1) is 14.1. The van der Waals surface area contributed by atoms with Crippen LogP contribution >= 0.6 is 23.1 Å². The lowest BCUT2D eigenvalue weighted by Gasteiger charge is -2.10. The quantitative estimate of drug-likeness (QED) is 0.821. The molecule has 2 fully saturated rings. The summed E-state index contributed by atoms with van der Waals surface area (Å²) in [6, 6.07) is 0. The molecule has 0 radical (unpaired) electrons. The summed E-state index contributed by atoms with van der Waals surface area (Å²) < 4.78 is 0.934. The molecular formula is C14H18N2O2S2. The molecule has 0 saturated heterocycles. The highest BCUT2D eigenvalue weighted by Gasteiger charge is 2.52. The number of nitrogens with zero attached hydrogens (tertiary/aromatic N) is 1. The summed E-state index contributed by atoms with van der Waals surface area (Å²) in [5, 5.41) is 2.90. The Hall–Kier alpha value is -0.880. The fourth-order valence-electron chi connectivity index (χ4n) is 2.90. The monoisotopic (exact) mass is 310 g/mol. The predicted octanol–water partition coefficient (Wildman–Crippen LogP) is 2.60. The molecule has 20 heavy (non-hydrogen) atoms. The van der Waals surface area contributed by atoms with Crippen molar-refractivity contribution in [1.29, 1.82) is 0 Å². The van der Waals surface area contributed by atoms with E-state index in [0.717, 1.165) is 29.4 Å². The Balaban J connectivity index is 1.43. The summed E-state index contributed by atoms with van der Waals surface area (Å²) in [4.78, 5) is 28.7. The highest BCUT2D eigenvalue weighted by Crippen LogP contribution is 2.52. The minimum absolute atomic E-state index is 0.0685. The van der Waals surface area contributed by atoms with Crippen molar-refractivity contribution in [2.45, 2.75) is 30.5 Å². The first-order valence-electron chi connectivity index (χ1n) is 7.09. The van der Waals surface area contributed by atoms with Crippen LogP contribution in [0.1, 0.15) is 35.9 Å². The highest BCUT2D eigenvalue weighted by molar-refractivity contribution is 8.01. The van der Waals surface area contributed by atoms with Crippen molar-refractivity contribution in [3.05, 3.63) is 11.1 Å². The molecule has 1 aromatic heterocycles. The number of thioether (sulfide) groups is 1. The number of rotatable bonds is 6. The van der Waals surface area contributed by atoms with E-state index in [9.17, 15) is 9.59 Å². The smallest absolute Gasteiger partial charge is 0.263 e. The van der Waals surface area contributed by atoms with E-state index in [-0.39, 0.29) is 11.8 Å². The Labute approximate surface area is 126 Å². The minimum atomic E-state index is -0.0685. The summed E-state index contributed by atoms with van der Waals surface area (Å²) >= 11 is 3.08. The van der Waals surface area contributed by atoms with Crippen LogP contribution in [0.4, 0.5) is 0 Å². The molecule has 0 spiro atoms. The van der Waals surface area contributed by atoms with Crippen molar-refractivity contribution in [2.75, 3.05) is 12.3 Å². The lowest BCUT2D eigenvalue weighted by Crippen LogP contribution is -2.26. The van der Waals surface area contributed by atoms with Gasteiger partial charge in [-0.3, -0.25) is 9.59 Å². The van der Waals surface area contributed by atoms with Gasteiger partial charge in [-0.2, -0.15) is 0 Å². The maximum Gasteiger partial charge on any atom is 0.263 e. The molecule has 0 bridgehead atoms. The van der Waals surface area contributed by atoms with Crippen LogP contribution in [0.3, 0.4) is 0 Å². The summed E-state index contributed by atoms with van der Waals surface area (Å²) in [6.07, 6.45) is 4.57. The molecule has 3 unspecified atom stereocenters. The van der Waals surface area contributed by atoms with Gasteiger partial charge in [0, 0.05) is 18.4 Å². The van der Waals surface area contributed by atoms with Crippen molar-refractivity contribution >= 4 is 34.8 Å². The van der Waals surface area contributed by atoms with E-state index in [2.05, 4.69) is 17.2 Å². The average molecular weight is 310 g/mol. The lowest BCUT2D eigenvalue weighted by molar-refractivity contribution is -0.122. The summed E-state index contributed by atoms with van der Waals surface area (Å²) in [5.41, 5.74) is 0. The van der Waals surface area contributed by atoms with Crippen LogP contribution < -0.4 is 5.32 Å². The summed E-state index contributed by atoms with van der Waals surface area (Å²) in [6.45, 7) is 2.65. The Kier molecular flexibility index (Phi) is 4.12. The minimum Gasteiger partial charge on any atom is -0.351 e. The molecule has 0 aromatic carbocycles. The van der Waals surface area contributed by atoms with E-state index >= 15 is 0 Å². The molecule has 2 aliphatic rings. The van der Waals surface area contributed by atoms with Crippen molar-refractivity contribution < 1.29 is 9.59 Å². The third kappa shape index (κ3) is 2.91. The molecule has 6 heteroatoms. The Morgan fingerprint density at radius 3 is 3.10 bits per heavy atom. The number of ketones is 1. The number of nitrogens with one attached hydrogen (secondary N) is 1. The number of amides is 1. The zero-order chi connectivity index (χ0) is 14.1. The normalized spacial score (nSPS) is 27.4. The first-order valence-corrected chi connectivity index (χ1v) is 8.89. The number of hydrogen-bond acceptors (Lipinski definition) is 5. The second kappa shape index (κ2) is 5.85. The Morgan fingerprint density at radius 1 is 1.55 bits per heavy atom. The SMILES string of the molecule is CCSc1ncc(C(=O)NCCC2CC3CC3C2=O)s1. The number of hydrogen-bond donors (Lipinski definition) is 1. The summed E-state index contributed by atoms with van der Waals surface area (Å²) in [5.74, 6) is 2.54. The van der Waals surface area contributed by atoms with Gasteiger partial charge < -0.3 is 5.32 Å². The predicted molar refractivity (Wildman–Crippen MR) is 80.2 cm³/mol. The number of carbonyl (C=O) groups is 2. The van der Waals surface area contributed by atoms with Crippen LogP contribution in [0, 0.1) is 17.8 Å². The topological polar surface area (TPSA) is 59.1 Å². The van der Waals surface area contributed by atoms with Crippen LogP contribution in [0.2, 0.25) is 0 Å². The highest BCUT2D eigenvalue weighted by atomic mass is 32.2. The zero-order valence-corrected chi connectivity index (χ0v) is 13.1. The van der Waals surface area contributed by atoms with Crippen molar-refractivity contribution in [2.24, 2.45) is 17.8 Å². The fourth-order valence-corrected chi connectivity index (χ4v) is 4.70. The van der Waals surface area contributed by atoms with Gasteiger partial charge in [0.2, 0.25) is 0 Å². The molecule has 3 atom stereocenters. The van der Waals surface area contributed by atoms with Gasteiger partial charge in [0.15, 0.2) is 4.34 Å². The number of thiazole rings is 1. The van der Waals surface area contributed by atoms with Gasteiger partial charge in [-0.25, -0.2) is 4.98 Å². The Bertz CT molecular complexity index is 529. The van der Waals surface area contributed by atoms with Gasteiger partial charge >= 0.3 is 0 Å². The van der Waals surface area contributed by atoms with Gasteiger partial charge in [0.1, 0.15) is 10.7 Å². The van der Waals surface area contributed by atoms with E-state index in [1.54, 1.807) is 18.0 Å². The van der Waals surface area contributed by atoms with Gasteiger partial charge in [0.25, 0.3) is 5.91 Å². The van der Waals surface area contributed by atoms with Crippen molar-refractivity contribution in [3.63, 3.8) is 0 Å². The third-order valence-corrected chi connectivity index (χ3v) is 6.07. The number of aromatic nitrogens is 1. The maximum absolute atomic E-state index is 12.0. The van der Waals surface area contributed by atoms with Crippen LogP contribution in [0.5, 0.6) is 0 Å². The van der Waals surface area contributed by atoms with E-state index in [4.69, 9.17) is 0 Å². The third-order valence-electron chi connectivity index (χ3n) is 4.03. The van der Waals surface area contributed by atoms with Crippen LogP contribution in [-0.4, -0.2) is 29.0 Å². The van der Waals surface area contributed by atoms with Gasteiger partial charge in [-0.1, -0.05) is 18.7 Å². The second-order valence-electron chi connectivity index (χ2n) is 5.41. The van der Waals surface area contributed by atoms with Gasteiger partial charge in [-0.15, -0.1) is 11.3 Å². The van der Waals surface area contributed by atoms with E-state index < -0.39 is 0 Å². The van der Waals surface area contributed by atoms with Crippen molar-refractivity contribution in [3.8, 4) is 0 Å². The molecule has 1 N–H and O–H groups in total. The van der Waals surface area contributed by atoms with Crippen LogP contribution in [-0.2, 0) is 4.79 Å². The maximum atomic E-state index is 12.0. The van der Waals surface area contributed by atoms with Crippen molar-refractivity contribution in [1.82, 2.24) is 10.3 Å². The fraction of sp³-hybridized carbons (Fsp3) is 0.643. The number of fused-ring (bicyclic) bond motifs is 1. The molecule has 1 aromatic rings. The molecule has 0 aliphatic heterocycles. The molecule has 1 amide bonds. The van der Waals surface area contributed by atoms with Crippen LogP contribution in [0.15, 0.2) is 10.5 Å². The first-order chi connectivity index (χ1) is 9.69. The molecule has 2 saturated carbocycles. The van der Waals surface area contributed by atoms with Gasteiger partial charge in [-0.05, 0) is 30.9 Å². The zero-order valence-electron chi connectivity index (χ0n) is 11.4. The lowest BCUT2D eigenvalue weighted by atomic mass is 9.98. The molecule has 4 nitrogen and oxygen atoms in total. The van der Waals surface area contributed by atoms with E-state index in [1.807, 2.05) is 0 Å². The molecular weight excluding hydrogens is 292 g/mol. The van der Waals surface area contributed by atoms with E-state index in [1.165, 1.54) is 11.3 Å². The number of Topliss-reactive ketones (excluding diaryl/α,β-unsaturated/α-hetero) is 1. The summed E-state index contributed by atoms with van der Waals surface area (Å²) in [7, 11) is 0. The molecule has 1 heterocycles. The number of carbonyl (C=O) groups excluding carboxylic acids is 2. The largest absolute Gasteiger partial charge is 0.351 e.